The Morgan fingerprint density at radius 2 is 1.76 bits per heavy atom. The van der Waals surface area contributed by atoms with Crippen molar-refractivity contribution in [2.75, 3.05) is 18.4 Å². The van der Waals surface area contributed by atoms with E-state index in [1.54, 1.807) is 23.2 Å². The van der Waals surface area contributed by atoms with Crippen LogP contribution in [0.4, 0.5) is 10.1 Å². The summed E-state index contributed by atoms with van der Waals surface area (Å²) in [6.07, 6.45) is 4.55. The van der Waals surface area contributed by atoms with Gasteiger partial charge in [-0.05, 0) is 24.6 Å². The number of halogens is 1. The van der Waals surface area contributed by atoms with Crippen molar-refractivity contribution in [3.63, 3.8) is 0 Å². The second-order valence-electron chi connectivity index (χ2n) is 9.55. The molecule has 0 radical (unpaired) electrons. The zero-order valence-corrected chi connectivity index (χ0v) is 19.5. The first kappa shape index (κ1) is 23.3. The molecule has 0 aliphatic carbocycles. The number of aromatic amines is 1. The summed E-state index contributed by atoms with van der Waals surface area (Å²) in [4.78, 5) is 46.6. The lowest BCUT2D eigenvalue weighted by molar-refractivity contribution is -0.154. The second-order valence-corrected chi connectivity index (χ2v) is 9.55. The number of anilines is 1. The summed E-state index contributed by atoms with van der Waals surface area (Å²) in [6.45, 7) is 7.71. The van der Waals surface area contributed by atoms with Crippen molar-refractivity contribution in [3.05, 3.63) is 54.2 Å². The molecule has 0 saturated carbocycles. The molecule has 1 fully saturated rings. The van der Waals surface area contributed by atoms with E-state index in [4.69, 9.17) is 0 Å². The van der Waals surface area contributed by atoms with Gasteiger partial charge in [0.25, 0.3) is 0 Å². The number of fused-ring (bicyclic) bond motifs is 1. The number of pyridine rings is 1. The second kappa shape index (κ2) is 8.85. The fraction of sp³-hybridized carbons (Fsp3) is 0.375. The molecular weight excluding hydrogens is 439 g/mol. The Bertz CT molecular complexity index is 1230. The van der Waals surface area contributed by atoms with Gasteiger partial charge in [-0.15, -0.1) is 0 Å². The molecule has 1 aliphatic heterocycles. The van der Waals surface area contributed by atoms with E-state index in [1.807, 2.05) is 27.7 Å². The molecular formula is C24H27FN6O3. The standard InChI is InChI=1S/C24H27FN6O3/c1-14-12-31(22(33)21(32)28-18-10-26-11-19-17(18)9-27-29-19)20(15-5-7-16(25)8-6-15)13-30(14)23(34)24(2,3)4/h5-11,14,20H,12-13H2,1-4H3,(H,27,29)(H,28,32)/t14-,20-/m0/s1. The fourth-order valence-corrected chi connectivity index (χ4v) is 4.15. The molecule has 0 bridgehead atoms. The van der Waals surface area contributed by atoms with E-state index < -0.39 is 29.1 Å². The predicted molar refractivity (Wildman–Crippen MR) is 124 cm³/mol. The van der Waals surface area contributed by atoms with E-state index in [0.29, 0.717) is 22.2 Å². The highest BCUT2D eigenvalue weighted by atomic mass is 19.1. The third-order valence-corrected chi connectivity index (χ3v) is 5.97. The van der Waals surface area contributed by atoms with Crippen LogP contribution in [0.2, 0.25) is 0 Å². The third-order valence-electron chi connectivity index (χ3n) is 5.97. The summed E-state index contributed by atoms with van der Waals surface area (Å²) < 4.78 is 13.6. The van der Waals surface area contributed by atoms with Crippen molar-refractivity contribution in [3.8, 4) is 0 Å². The Hall–Kier alpha value is -3.82. The molecule has 1 saturated heterocycles. The number of H-pyrrole nitrogens is 1. The van der Waals surface area contributed by atoms with Crippen LogP contribution < -0.4 is 5.32 Å². The molecule has 3 heterocycles. The Morgan fingerprint density at radius 1 is 1.06 bits per heavy atom. The number of rotatable bonds is 2. The molecule has 2 N–H and O–H groups in total. The minimum absolute atomic E-state index is 0.0543. The molecule has 1 aliphatic rings. The van der Waals surface area contributed by atoms with Crippen LogP contribution in [0.1, 0.15) is 39.3 Å². The van der Waals surface area contributed by atoms with E-state index in [0.717, 1.165) is 0 Å². The van der Waals surface area contributed by atoms with E-state index in [-0.39, 0.29) is 25.0 Å². The van der Waals surface area contributed by atoms with Gasteiger partial charge in [-0.1, -0.05) is 32.9 Å². The van der Waals surface area contributed by atoms with Crippen molar-refractivity contribution in [1.29, 1.82) is 0 Å². The monoisotopic (exact) mass is 466 g/mol. The highest BCUT2D eigenvalue weighted by molar-refractivity contribution is 6.40. The summed E-state index contributed by atoms with van der Waals surface area (Å²) in [6, 6.07) is 4.84. The molecule has 178 valence electrons. The van der Waals surface area contributed by atoms with Crippen LogP contribution in [0.3, 0.4) is 0 Å². The van der Waals surface area contributed by atoms with Gasteiger partial charge in [-0.3, -0.25) is 24.5 Å². The van der Waals surface area contributed by atoms with Gasteiger partial charge < -0.3 is 15.1 Å². The summed E-state index contributed by atoms with van der Waals surface area (Å²) in [5, 5.41) is 9.96. The summed E-state index contributed by atoms with van der Waals surface area (Å²) in [5.74, 6) is -2.04. The highest BCUT2D eigenvalue weighted by Crippen LogP contribution is 2.31. The molecule has 0 unspecified atom stereocenters. The summed E-state index contributed by atoms with van der Waals surface area (Å²) >= 11 is 0. The SMILES string of the molecule is C[C@H]1CN(C(=O)C(=O)Nc2cncc3[nH]ncc23)[C@H](c2ccc(F)cc2)CN1C(=O)C(C)(C)C. The Kier molecular flexibility index (Phi) is 6.07. The zero-order valence-electron chi connectivity index (χ0n) is 19.5. The minimum atomic E-state index is -0.828. The van der Waals surface area contributed by atoms with Gasteiger partial charge >= 0.3 is 11.8 Å². The third kappa shape index (κ3) is 4.48. The maximum atomic E-state index is 13.6. The number of hydrogen-bond donors (Lipinski definition) is 2. The number of carbonyl (C=O) groups excluding carboxylic acids is 3. The van der Waals surface area contributed by atoms with Crippen molar-refractivity contribution in [2.24, 2.45) is 5.41 Å². The lowest BCUT2D eigenvalue weighted by atomic mass is 9.91. The first-order valence-electron chi connectivity index (χ1n) is 11.0. The molecule has 1 aromatic carbocycles. The Labute approximate surface area is 196 Å². The first-order valence-corrected chi connectivity index (χ1v) is 11.0. The van der Waals surface area contributed by atoms with Gasteiger partial charge in [0.2, 0.25) is 5.91 Å². The van der Waals surface area contributed by atoms with Crippen LogP contribution in [0, 0.1) is 11.2 Å². The highest BCUT2D eigenvalue weighted by Gasteiger charge is 2.41. The smallest absolute Gasteiger partial charge is 0.313 e. The zero-order chi connectivity index (χ0) is 24.6. The number of benzene rings is 1. The quantitative estimate of drug-likeness (QED) is 0.564. The average molecular weight is 467 g/mol. The van der Waals surface area contributed by atoms with E-state index in [2.05, 4.69) is 20.5 Å². The number of amides is 3. The summed E-state index contributed by atoms with van der Waals surface area (Å²) in [7, 11) is 0. The predicted octanol–water partition coefficient (Wildman–Crippen LogP) is 2.88. The van der Waals surface area contributed by atoms with E-state index >= 15 is 0 Å². The van der Waals surface area contributed by atoms with Gasteiger partial charge in [0.05, 0.1) is 35.8 Å². The van der Waals surface area contributed by atoms with Crippen molar-refractivity contribution >= 4 is 34.3 Å². The van der Waals surface area contributed by atoms with E-state index in [9.17, 15) is 18.8 Å². The van der Waals surface area contributed by atoms with Gasteiger partial charge in [0.1, 0.15) is 5.82 Å². The first-order chi connectivity index (χ1) is 16.1. The minimum Gasteiger partial charge on any atom is -0.335 e. The van der Waals surface area contributed by atoms with E-state index in [1.165, 1.54) is 29.4 Å². The Balaban J connectivity index is 1.63. The van der Waals surface area contributed by atoms with Gasteiger partial charge in [-0.25, -0.2) is 4.39 Å². The van der Waals surface area contributed by atoms with Crippen molar-refractivity contribution in [1.82, 2.24) is 25.0 Å². The summed E-state index contributed by atoms with van der Waals surface area (Å²) in [5.41, 5.74) is 1.01. The van der Waals surface area contributed by atoms with Crippen LogP contribution in [0.5, 0.6) is 0 Å². The molecule has 9 nitrogen and oxygen atoms in total. The van der Waals surface area contributed by atoms with Crippen LogP contribution in [-0.4, -0.2) is 61.8 Å². The number of hydrogen-bond acceptors (Lipinski definition) is 5. The lowest BCUT2D eigenvalue weighted by Crippen LogP contribution is -2.60. The van der Waals surface area contributed by atoms with Gasteiger partial charge in [0.15, 0.2) is 0 Å². The molecule has 2 atom stereocenters. The van der Waals surface area contributed by atoms with Crippen molar-refractivity contribution < 1.29 is 18.8 Å². The molecule has 34 heavy (non-hydrogen) atoms. The molecule has 2 aromatic heterocycles. The van der Waals surface area contributed by atoms with Crippen molar-refractivity contribution in [2.45, 2.75) is 39.8 Å². The molecule has 0 spiro atoms. The molecule has 3 aromatic rings. The number of piperazine rings is 1. The van der Waals surface area contributed by atoms with Crippen LogP contribution in [0.25, 0.3) is 10.9 Å². The number of nitrogens with one attached hydrogen (secondary N) is 2. The van der Waals surface area contributed by atoms with Crippen LogP contribution >= 0.6 is 0 Å². The number of nitrogens with zero attached hydrogens (tertiary/aromatic N) is 4. The maximum Gasteiger partial charge on any atom is 0.313 e. The number of aromatic nitrogens is 3. The molecule has 4 rings (SSSR count). The fourth-order valence-electron chi connectivity index (χ4n) is 4.15. The average Bonchev–Trinajstić information content (AvgIpc) is 3.28. The molecule has 3 amide bonds. The topological polar surface area (TPSA) is 111 Å². The van der Waals surface area contributed by atoms with Crippen LogP contribution in [-0.2, 0) is 14.4 Å². The maximum absolute atomic E-state index is 13.6. The largest absolute Gasteiger partial charge is 0.335 e. The normalized spacial score (nSPS) is 18.7. The number of carbonyl (C=O) groups is 3. The Morgan fingerprint density at radius 3 is 2.44 bits per heavy atom. The van der Waals surface area contributed by atoms with Crippen LogP contribution in [0.15, 0.2) is 42.9 Å². The molecule has 10 heteroatoms. The van der Waals surface area contributed by atoms with Gasteiger partial charge in [0, 0.05) is 29.9 Å². The lowest BCUT2D eigenvalue weighted by Gasteiger charge is -2.46. The van der Waals surface area contributed by atoms with Gasteiger partial charge in [-0.2, -0.15) is 5.10 Å².